The lowest BCUT2D eigenvalue weighted by molar-refractivity contribution is 0.0698. The van der Waals surface area contributed by atoms with Crippen LogP contribution in [0, 0.1) is 6.92 Å². The van der Waals surface area contributed by atoms with Crippen molar-refractivity contribution in [3.8, 4) is 0 Å². The van der Waals surface area contributed by atoms with Gasteiger partial charge in [0.05, 0.1) is 5.56 Å². The van der Waals surface area contributed by atoms with E-state index in [1.54, 1.807) is 6.07 Å². The lowest BCUT2D eigenvalue weighted by atomic mass is 10.1. The Morgan fingerprint density at radius 3 is 2.63 bits per heavy atom. The molecule has 19 heavy (non-hydrogen) atoms. The maximum absolute atomic E-state index is 11.1. The largest absolute Gasteiger partial charge is 0.478 e. The van der Waals surface area contributed by atoms with E-state index in [1.165, 1.54) is 0 Å². The number of aromatic carboxylic acids is 1. The summed E-state index contributed by atoms with van der Waals surface area (Å²) in [6.07, 6.45) is 0.985. The van der Waals surface area contributed by atoms with E-state index in [2.05, 4.69) is 17.1 Å². The van der Waals surface area contributed by atoms with E-state index in [-0.39, 0.29) is 11.6 Å². The van der Waals surface area contributed by atoms with Crippen LogP contribution in [0.15, 0.2) is 12.1 Å². The molecule has 1 aromatic rings. The van der Waals surface area contributed by atoms with Crippen LogP contribution in [0.5, 0.6) is 0 Å². The Morgan fingerprint density at radius 1 is 1.47 bits per heavy atom. The molecule has 0 saturated carbocycles. The number of nitrogens with one attached hydrogen (secondary N) is 1. The number of nitrogens with two attached hydrogens (primary N) is 1. The molecule has 0 bridgehead atoms. The van der Waals surface area contributed by atoms with E-state index in [1.807, 2.05) is 27.1 Å². The molecule has 0 saturated heterocycles. The third kappa shape index (κ3) is 4.44. The predicted octanol–water partition coefficient (Wildman–Crippen LogP) is 2.03. The highest BCUT2D eigenvalue weighted by Gasteiger charge is 2.12. The molecule has 1 atom stereocenters. The maximum Gasteiger partial charge on any atom is 0.337 e. The van der Waals surface area contributed by atoms with Gasteiger partial charge in [0.15, 0.2) is 0 Å². The fraction of sp³-hybridized carbons (Fsp3) is 0.500. The number of hydrogen-bond donors (Lipinski definition) is 3. The summed E-state index contributed by atoms with van der Waals surface area (Å²) in [5, 5.41) is 12.4. The van der Waals surface area contributed by atoms with Gasteiger partial charge in [-0.3, -0.25) is 0 Å². The van der Waals surface area contributed by atoms with Gasteiger partial charge in [-0.15, -0.1) is 0 Å². The molecule has 1 rings (SSSR count). The van der Waals surface area contributed by atoms with Crippen molar-refractivity contribution < 1.29 is 9.90 Å². The van der Waals surface area contributed by atoms with Crippen molar-refractivity contribution in [3.63, 3.8) is 0 Å². The van der Waals surface area contributed by atoms with Crippen LogP contribution in [0.1, 0.15) is 29.3 Å². The highest BCUT2D eigenvalue weighted by molar-refractivity contribution is 5.95. The molecule has 0 fully saturated rings. The highest BCUT2D eigenvalue weighted by Crippen LogP contribution is 2.23. The molecule has 0 aliphatic rings. The second-order valence-electron chi connectivity index (χ2n) is 5.20. The number of carbonyl (C=O) groups is 1. The molecule has 0 aromatic heterocycles. The molecule has 5 nitrogen and oxygen atoms in total. The zero-order valence-corrected chi connectivity index (χ0v) is 12.0. The molecule has 4 N–H and O–H groups in total. The SMILES string of the molecule is Cc1cc(NC(C)CCN(C)C)cc(C(=O)O)c1N. The van der Waals surface area contributed by atoms with E-state index in [4.69, 9.17) is 10.8 Å². The fourth-order valence-corrected chi connectivity index (χ4v) is 1.87. The average molecular weight is 265 g/mol. The third-order valence-corrected chi connectivity index (χ3v) is 3.04. The topological polar surface area (TPSA) is 78.6 Å². The van der Waals surface area contributed by atoms with Gasteiger partial charge in [0.25, 0.3) is 0 Å². The Balaban J connectivity index is 2.81. The van der Waals surface area contributed by atoms with Gasteiger partial charge in [-0.05, 0) is 58.6 Å². The molecule has 1 unspecified atom stereocenters. The number of nitrogens with zero attached hydrogens (tertiary/aromatic N) is 1. The number of hydrogen-bond acceptors (Lipinski definition) is 4. The highest BCUT2D eigenvalue weighted by atomic mass is 16.4. The first-order valence-corrected chi connectivity index (χ1v) is 6.36. The monoisotopic (exact) mass is 265 g/mol. The normalized spacial score (nSPS) is 12.5. The zero-order valence-electron chi connectivity index (χ0n) is 12.0. The lowest BCUT2D eigenvalue weighted by Gasteiger charge is -2.19. The zero-order chi connectivity index (χ0) is 14.6. The smallest absolute Gasteiger partial charge is 0.337 e. The van der Waals surface area contributed by atoms with Crippen LogP contribution < -0.4 is 11.1 Å². The molecule has 0 spiro atoms. The van der Waals surface area contributed by atoms with Gasteiger partial charge in [0.1, 0.15) is 0 Å². The van der Waals surface area contributed by atoms with E-state index >= 15 is 0 Å². The van der Waals surface area contributed by atoms with Crippen molar-refractivity contribution in [1.29, 1.82) is 0 Å². The Morgan fingerprint density at radius 2 is 2.11 bits per heavy atom. The second kappa shape index (κ2) is 6.43. The molecule has 1 aromatic carbocycles. The van der Waals surface area contributed by atoms with Gasteiger partial charge in [0.2, 0.25) is 0 Å². The first-order chi connectivity index (χ1) is 8.81. The summed E-state index contributed by atoms with van der Waals surface area (Å²) in [6.45, 7) is 4.88. The molecule has 0 radical (unpaired) electrons. The fourth-order valence-electron chi connectivity index (χ4n) is 1.87. The van der Waals surface area contributed by atoms with Gasteiger partial charge in [-0.25, -0.2) is 4.79 Å². The van der Waals surface area contributed by atoms with Crippen LogP contribution in [0.25, 0.3) is 0 Å². The van der Waals surface area contributed by atoms with Crippen molar-refractivity contribution >= 4 is 17.3 Å². The van der Waals surface area contributed by atoms with Gasteiger partial charge in [-0.1, -0.05) is 0 Å². The molecule has 5 heteroatoms. The van der Waals surface area contributed by atoms with Crippen molar-refractivity contribution in [2.45, 2.75) is 26.3 Å². The van der Waals surface area contributed by atoms with Crippen molar-refractivity contribution in [1.82, 2.24) is 4.90 Å². The van der Waals surface area contributed by atoms with Crippen molar-refractivity contribution in [2.75, 3.05) is 31.7 Å². The van der Waals surface area contributed by atoms with Crippen molar-refractivity contribution in [3.05, 3.63) is 23.3 Å². The quantitative estimate of drug-likeness (QED) is 0.686. The van der Waals surface area contributed by atoms with Crippen LogP contribution in [-0.2, 0) is 0 Å². The summed E-state index contributed by atoms with van der Waals surface area (Å²) < 4.78 is 0. The molecular formula is C14H23N3O2. The third-order valence-electron chi connectivity index (χ3n) is 3.04. The minimum absolute atomic E-state index is 0.155. The summed E-state index contributed by atoms with van der Waals surface area (Å²) in [5.41, 5.74) is 7.83. The first kappa shape index (κ1) is 15.3. The van der Waals surface area contributed by atoms with E-state index < -0.39 is 5.97 Å². The van der Waals surface area contributed by atoms with Gasteiger partial charge < -0.3 is 21.1 Å². The summed E-state index contributed by atoms with van der Waals surface area (Å²) in [6, 6.07) is 3.75. The van der Waals surface area contributed by atoms with Crippen molar-refractivity contribution in [2.24, 2.45) is 0 Å². The number of rotatable bonds is 6. The van der Waals surface area contributed by atoms with E-state index in [0.29, 0.717) is 5.69 Å². The van der Waals surface area contributed by atoms with Gasteiger partial charge in [0, 0.05) is 17.4 Å². The summed E-state index contributed by atoms with van der Waals surface area (Å²) >= 11 is 0. The molecule has 0 aliphatic heterocycles. The standard InChI is InChI=1S/C14H23N3O2/c1-9-7-11(8-12(13(9)15)14(18)19)16-10(2)5-6-17(3)4/h7-8,10,16H,5-6,15H2,1-4H3,(H,18,19). The number of carboxylic acid groups (broad SMARTS) is 1. The number of carboxylic acids is 1. The van der Waals surface area contributed by atoms with Crippen LogP contribution in [-0.4, -0.2) is 42.7 Å². The summed E-state index contributed by atoms with van der Waals surface area (Å²) in [5.74, 6) is -0.995. The summed E-state index contributed by atoms with van der Waals surface area (Å²) in [7, 11) is 4.06. The Hall–Kier alpha value is -1.75. The predicted molar refractivity (Wildman–Crippen MR) is 78.8 cm³/mol. The van der Waals surface area contributed by atoms with Crippen LogP contribution in [0.2, 0.25) is 0 Å². The minimum atomic E-state index is -0.995. The average Bonchev–Trinajstić information content (AvgIpc) is 2.30. The summed E-state index contributed by atoms with van der Waals surface area (Å²) in [4.78, 5) is 13.2. The molecule has 106 valence electrons. The maximum atomic E-state index is 11.1. The lowest BCUT2D eigenvalue weighted by Crippen LogP contribution is -2.23. The van der Waals surface area contributed by atoms with Gasteiger partial charge in [-0.2, -0.15) is 0 Å². The van der Waals surface area contributed by atoms with E-state index in [9.17, 15) is 4.79 Å². The van der Waals surface area contributed by atoms with Crippen LogP contribution in [0.3, 0.4) is 0 Å². The Kier molecular flexibility index (Phi) is 5.18. The first-order valence-electron chi connectivity index (χ1n) is 6.36. The number of aryl methyl sites for hydroxylation is 1. The van der Waals surface area contributed by atoms with Crippen LogP contribution in [0.4, 0.5) is 11.4 Å². The molecule has 0 heterocycles. The number of benzene rings is 1. The molecular weight excluding hydrogens is 242 g/mol. The Bertz CT molecular complexity index is 458. The number of nitrogen functional groups attached to an aromatic ring is 1. The minimum Gasteiger partial charge on any atom is -0.478 e. The second-order valence-corrected chi connectivity index (χ2v) is 5.20. The van der Waals surface area contributed by atoms with Gasteiger partial charge >= 0.3 is 5.97 Å². The van der Waals surface area contributed by atoms with Crippen LogP contribution >= 0.6 is 0 Å². The molecule has 0 aliphatic carbocycles. The Labute approximate surface area is 114 Å². The molecule has 0 amide bonds. The van der Waals surface area contributed by atoms with E-state index in [0.717, 1.165) is 24.2 Å². The number of anilines is 2.